The van der Waals surface area contributed by atoms with Gasteiger partial charge < -0.3 is 11.1 Å². The highest BCUT2D eigenvalue weighted by atomic mass is 127. The zero-order valence-electron chi connectivity index (χ0n) is 12.6. The summed E-state index contributed by atoms with van der Waals surface area (Å²) < 4.78 is 0. The first-order valence-corrected chi connectivity index (χ1v) is 6.42. The molecule has 3 N–H and O–H groups in total. The van der Waals surface area contributed by atoms with Crippen molar-refractivity contribution in [3.8, 4) is 0 Å². The van der Waals surface area contributed by atoms with Crippen LogP contribution >= 0.6 is 24.0 Å². The van der Waals surface area contributed by atoms with Crippen LogP contribution in [0, 0.1) is 13.8 Å². The van der Waals surface area contributed by atoms with Crippen molar-refractivity contribution >= 4 is 29.9 Å². The van der Waals surface area contributed by atoms with E-state index in [9.17, 15) is 0 Å². The van der Waals surface area contributed by atoms with Crippen LogP contribution in [0.1, 0.15) is 37.5 Å². The quantitative estimate of drug-likeness (QED) is 0.485. The smallest absolute Gasteiger partial charge is 0.188 e. The summed E-state index contributed by atoms with van der Waals surface area (Å²) >= 11 is 0. The average molecular weight is 375 g/mol. The van der Waals surface area contributed by atoms with Crippen molar-refractivity contribution in [2.75, 3.05) is 6.54 Å². The Morgan fingerprint density at radius 3 is 2.42 bits per heavy atom. The lowest BCUT2D eigenvalue weighted by atomic mass is 10.0. The van der Waals surface area contributed by atoms with Crippen LogP contribution in [-0.2, 0) is 6.42 Å². The molecular formula is C15H26IN3. The summed E-state index contributed by atoms with van der Waals surface area (Å²) in [6.07, 6.45) is 0.929. The minimum atomic E-state index is -0.0344. The standard InChI is InChI=1S/C15H25N3.HI/c1-11-6-7-13(12(2)10-11)8-9-17-14(16)18-15(3,4)5;/h6-7,10H,8-9H2,1-5H3,(H3,16,17,18);1H. The number of aliphatic imine (C=N–C) groups is 1. The molecule has 0 unspecified atom stereocenters. The van der Waals surface area contributed by atoms with Gasteiger partial charge in [0.05, 0.1) is 0 Å². The summed E-state index contributed by atoms with van der Waals surface area (Å²) in [6.45, 7) is 11.2. The van der Waals surface area contributed by atoms with Gasteiger partial charge in [0.25, 0.3) is 0 Å². The van der Waals surface area contributed by atoms with Crippen molar-refractivity contribution in [1.82, 2.24) is 5.32 Å². The van der Waals surface area contributed by atoms with Gasteiger partial charge in [0.2, 0.25) is 0 Å². The highest BCUT2D eigenvalue weighted by molar-refractivity contribution is 14.0. The predicted molar refractivity (Wildman–Crippen MR) is 94.4 cm³/mol. The first-order valence-electron chi connectivity index (χ1n) is 6.42. The number of nitrogens with two attached hydrogens (primary N) is 1. The van der Waals surface area contributed by atoms with Gasteiger partial charge in [-0.1, -0.05) is 23.8 Å². The second kappa shape index (κ2) is 7.72. The third-order valence-corrected chi connectivity index (χ3v) is 2.66. The first kappa shape index (κ1) is 18.2. The third kappa shape index (κ3) is 7.40. The Morgan fingerprint density at radius 2 is 1.89 bits per heavy atom. The van der Waals surface area contributed by atoms with E-state index in [0.29, 0.717) is 5.96 Å². The van der Waals surface area contributed by atoms with E-state index in [-0.39, 0.29) is 29.5 Å². The Bertz CT molecular complexity index is 434. The Balaban J connectivity index is 0.00000324. The lowest BCUT2D eigenvalue weighted by Crippen LogP contribution is -2.45. The fourth-order valence-electron chi connectivity index (χ4n) is 1.85. The molecule has 0 heterocycles. The topological polar surface area (TPSA) is 50.4 Å². The molecule has 1 aromatic carbocycles. The first-order chi connectivity index (χ1) is 8.28. The molecule has 19 heavy (non-hydrogen) atoms. The predicted octanol–water partition coefficient (Wildman–Crippen LogP) is 3.17. The largest absolute Gasteiger partial charge is 0.370 e. The Kier molecular flexibility index (Phi) is 7.41. The minimum absolute atomic E-state index is 0. The molecule has 0 aliphatic heterocycles. The van der Waals surface area contributed by atoms with Crippen LogP contribution in [-0.4, -0.2) is 18.0 Å². The van der Waals surface area contributed by atoms with Gasteiger partial charge in [-0.25, -0.2) is 0 Å². The lowest BCUT2D eigenvalue weighted by Gasteiger charge is -2.21. The second-order valence-electron chi connectivity index (χ2n) is 5.82. The fraction of sp³-hybridized carbons (Fsp3) is 0.533. The van der Waals surface area contributed by atoms with E-state index < -0.39 is 0 Å². The van der Waals surface area contributed by atoms with Crippen LogP contribution < -0.4 is 11.1 Å². The van der Waals surface area contributed by atoms with Gasteiger partial charge in [-0.15, -0.1) is 24.0 Å². The van der Waals surface area contributed by atoms with Gasteiger partial charge in [-0.3, -0.25) is 4.99 Å². The van der Waals surface area contributed by atoms with E-state index >= 15 is 0 Å². The summed E-state index contributed by atoms with van der Waals surface area (Å²) in [7, 11) is 0. The van der Waals surface area contributed by atoms with Gasteiger partial charge in [0, 0.05) is 12.1 Å². The number of hydrogen-bond donors (Lipinski definition) is 2. The van der Waals surface area contributed by atoms with E-state index in [4.69, 9.17) is 5.73 Å². The number of guanidine groups is 1. The number of halogens is 1. The maximum absolute atomic E-state index is 5.83. The minimum Gasteiger partial charge on any atom is -0.370 e. The molecule has 0 aromatic heterocycles. The molecule has 0 radical (unpaired) electrons. The molecule has 1 aromatic rings. The molecule has 108 valence electrons. The number of aryl methyl sites for hydroxylation is 2. The average Bonchev–Trinajstić information content (AvgIpc) is 2.18. The van der Waals surface area contributed by atoms with Gasteiger partial charge >= 0.3 is 0 Å². The molecular weight excluding hydrogens is 349 g/mol. The van der Waals surface area contributed by atoms with Crippen LogP contribution in [0.2, 0.25) is 0 Å². The van der Waals surface area contributed by atoms with Crippen LogP contribution in [0.15, 0.2) is 23.2 Å². The molecule has 0 saturated carbocycles. The highest BCUT2D eigenvalue weighted by Crippen LogP contribution is 2.11. The molecule has 0 atom stereocenters. The summed E-state index contributed by atoms with van der Waals surface area (Å²) in [5.74, 6) is 0.521. The van der Waals surface area contributed by atoms with Crippen LogP contribution in [0.4, 0.5) is 0 Å². The number of benzene rings is 1. The van der Waals surface area contributed by atoms with Crippen molar-refractivity contribution in [3.05, 3.63) is 34.9 Å². The molecule has 1 rings (SSSR count). The number of nitrogens with one attached hydrogen (secondary N) is 1. The number of nitrogens with zero attached hydrogens (tertiary/aromatic N) is 1. The normalized spacial score (nSPS) is 11.9. The SMILES string of the molecule is Cc1ccc(CCN=C(N)NC(C)(C)C)c(C)c1.I. The third-order valence-electron chi connectivity index (χ3n) is 2.66. The Hall–Kier alpha value is -0.780. The van der Waals surface area contributed by atoms with Gasteiger partial charge in [0.1, 0.15) is 0 Å². The maximum Gasteiger partial charge on any atom is 0.188 e. The van der Waals surface area contributed by atoms with E-state index in [1.54, 1.807) is 0 Å². The molecule has 0 fully saturated rings. The van der Waals surface area contributed by atoms with Crippen molar-refractivity contribution in [2.24, 2.45) is 10.7 Å². The van der Waals surface area contributed by atoms with E-state index in [0.717, 1.165) is 13.0 Å². The monoisotopic (exact) mass is 375 g/mol. The lowest BCUT2D eigenvalue weighted by molar-refractivity contribution is 0.508. The summed E-state index contributed by atoms with van der Waals surface area (Å²) in [4.78, 5) is 4.35. The van der Waals surface area contributed by atoms with E-state index in [1.165, 1.54) is 16.7 Å². The molecule has 3 nitrogen and oxygen atoms in total. The molecule has 0 aliphatic rings. The number of hydrogen-bond acceptors (Lipinski definition) is 1. The van der Waals surface area contributed by atoms with Crippen LogP contribution in [0.3, 0.4) is 0 Å². The molecule has 0 spiro atoms. The molecule has 0 bridgehead atoms. The summed E-state index contributed by atoms with van der Waals surface area (Å²) in [5.41, 5.74) is 9.76. The van der Waals surface area contributed by atoms with Crippen molar-refractivity contribution in [1.29, 1.82) is 0 Å². The van der Waals surface area contributed by atoms with E-state index in [2.05, 4.69) is 63.1 Å². The van der Waals surface area contributed by atoms with Crippen molar-refractivity contribution in [2.45, 2.75) is 46.6 Å². The molecule has 0 amide bonds. The maximum atomic E-state index is 5.83. The zero-order chi connectivity index (χ0) is 13.8. The van der Waals surface area contributed by atoms with Crippen molar-refractivity contribution < 1.29 is 0 Å². The van der Waals surface area contributed by atoms with Crippen LogP contribution in [0.25, 0.3) is 0 Å². The van der Waals surface area contributed by atoms with Gasteiger partial charge in [-0.2, -0.15) is 0 Å². The molecule has 0 aliphatic carbocycles. The number of rotatable bonds is 3. The van der Waals surface area contributed by atoms with Crippen LogP contribution in [0.5, 0.6) is 0 Å². The summed E-state index contributed by atoms with van der Waals surface area (Å²) in [6, 6.07) is 6.52. The zero-order valence-corrected chi connectivity index (χ0v) is 14.9. The second-order valence-corrected chi connectivity index (χ2v) is 5.82. The van der Waals surface area contributed by atoms with Gasteiger partial charge in [-0.05, 0) is 52.2 Å². The fourth-order valence-corrected chi connectivity index (χ4v) is 1.85. The highest BCUT2D eigenvalue weighted by Gasteiger charge is 2.09. The Morgan fingerprint density at radius 1 is 1.26 bits per heavy atom. The van der Waals surface area contributed by atoms with E-state index in [1.807, 2.05) is 0 Å². The van der Waals surface area contributed by atoms with Crippen molar-refractivity contribution in [3.63, 3.8) is 0 Å². The summed E-state index contributed by atoms with van der Waals surface area (Å²) in [5, 5.41) is 3.16. The molecule has 4 heteroatoms. The molecule has 0 saturated heterocycles. The van der Waals surface area contributed by atoms with Gasteiger partial charge in [0.15, 0.2) is 5.96 Å². The Labute approximate surface area is 134 Å².